The number of carbonyl (C=O) groups is 2. The van der Waals surface area contributed by atoms with Gasteiger partial charge in [0.2, 0.25) is 11.8 Å². The van der Waals surface area contributed by atoms with Gasteiger partial charge in [-0.05, 0) is 39.5 Å². The number of aromatic nitrogens is 3. The molecule has 2 aliphatic heterocycles. The average molecular weight is 399 g/mol. The summed E-state index contributed by atoms with van der Waals surface area (Å²) in [6.07, 6.45) is 7.29. The minimum absolute atomic E-state index is 0.00162. The van der Waals surface area contributed by atoms with Crippen LogP contribution in [0.3, 0.4) is 0 Å². The van der Waals surface area contributed by atoms with Gasteiger partial charge in [-0.2, -0.15) is 0 Å². The molecule has 29 heavy (non-hydrogen) atoms. The van der Waals surface area contributed by atoms with Crippen molar-refractivity contribution in [3.63, 3.8) is 0 Å². The smallest absolute Gasteiger partial charge is 0.231 e. The Morgan fingerprint density at radius 1 is 1.31 bits per heavy atom. The molecule has 2 atom stereocenters. The van der Waals surface area contributed by atoms with Gasteiger partial charge in [0.25, 0.3) is 0 Å². The van der Waals surface area contributed by atoms with E-state index in [-0.39, 0.29) is 24.3 Å². The highest BCUT2D eigenvalue weighted by molar-refractivity contribution is 5.86. The normalized spacial score (nSPS) is 25.1. The summed E-state index contributed by atoms with van der Waals surface area (Å²) < 4.78 is 7.18. The molecule has 0 N–H and O–H groups in total. The fraction of sp³-hybridized carbons (Fsp3) is 0.619. The number of carbonyl (C=O) groups excluding carboxylic acids is 2. The number of nitrogens with zero attached hydrogens (tertiary/aromatic N) is 5. The van der Waals surface area contributed by atoms with E-state index < -0.39 is 5.41 Å². The van der Waals surface area contributed by atoms with E-state index in [4.69, 9.17) is 4.52 Å². The molecule has 8 heteroatoms. The summed E-state index contributed by atoms with van der Waals surface area (Å²) in [6, 6.07) is 1.66. The predicted octanol–water partition coefficient (Wildman–Crippen LogP) is 2.08. The Morgan fingerprint density at radius 2 is 2.07 bits per heavy atom. The minimum atomic E-state index is -0.505. The van der Waals surface area contributed by atoms with Gasteiger partial charge in [-0.15, -0.1) is 0 Å². The van der Waals surface area contributed by atoms with Crippen LogP contribution in [0, 0.1) is 12.3 Å². The van der Waals surface area contributed by atoms with E-state index in [2.05, 4.69) is 10.1 Å². The van der Waals surface area contributed by atoms with E-state index in [1.165, 1.54) is 0 Å². The third kappa shape index (κ3) is 3.56. The highest BCUT2D eigenvalue weighted by atomic mass is 16.5. The SMILES string of the molecule is Cc1cc(CC(=O)N2CCC[C@@]3(CCCN(Cc4nccn4C)C3=O)[C@@H]2C)on1. The highest BCUT2D eigenvalue weighted by Crippen LogP contribution is 2.44. The van der Waals surface area contributed by atoms with Gasteiger partial charge in [0.1, 0.15) is 11.6 Å². The second kappa shape index (κ2) is 7.65. The van der Waals surface area contributed by atoms with Crippen LogP contribution in [0.4, 0.5) is 0 Å². The molecule has 0 radical (unpaired) electrons. The quantitative estimate of drug-likeness (QED) is 0.786. The van der Waals surface area contributed by atoms with Crippen LogP contribution in [0.2, 0.25) is 0 Å². The van der Waals surface area contributed by atoms with Crippen molar-refractivity contribution >= 4 is 11.8 Å². The van der Waals surface area contributed by atoms with E-state index in [0.717, 1.165) is 43.7 Å². The molecule has 8 nitrogen and oxygen atoms in total. The molecule has 1 spiro atoms. The van der Waals surface area contributed by atoms with Gasteiger partial charge in [0.15, 0.2) is 0 Å². The Morgan fingerprint density at radius 3 is 2.72 bits per heavy atom. The predicted molar refractivity (Wildman–Crippen MR) is 106 cm³/mol. The number of hydrogen-bond donors (Lipinski definition) is 0. The minimum Gasteiger partial charge on any atom is -0.361 e. The second-order valence-electron chi connectivity index (χ2n) is 8.42. The molecule has 4 rings (SSSR count). The number of likely N-dealkylation sites (tertiary alicyclic amines) is 2. The summed E-state index contributed by atoms with van der Waals surface area (Å²) in [4.78, 5) is 34.8. The molecule has 0 bridgehead atoms. The Labute approximate surface area is 170 Å². The Bertz CT molecular complexity index is 900. The third-order valence-corrected chi connectivity index (χ3v) is 6.63. The summed E-state index contributed by atoms with van der Waals surface area (Å²) in [7, 11) is 1.95. The zero-order valence-electron chi connectivity index (χ0n) is 17.4. The lowest BCUT2D eigenvalue weighted by molar-refractivity contribution is -0.160. The van der Waals surface area contributed by atoms with Gasteiger partial charge < -0.3 is 18.9 Å². The van der Waals surface area contributed by atoms with Crippen molar-refractivity contribution < 1.29 is 14.1 Å². The van der Waals surface area contributed by atoms with Gasteiger partial charge in [-0.3, -0.25) is 9.59 Å². The molecule has 0 saturated carbocycles. The molecule has 2 aliphatic rings. The standard InChI is InChI=1S/C21H29N5O3/c1-15-12-17(29-23-15)13-19(27)26-10-5-7-21(16(26)2)6-4-9-25(20(21)28)14-18-22-8-11-24(18)3/h8,11-12,16H,4-7,9-10,13-14H2,1-3H3/t16-,21-/m0/s1. The van der Waals surface area contributed by atoms with Crippen molar-refractivity contribution in [1.82, 2.24) is 24.5 Å². The van der Waals surface area contributed by atoms with Crippen molar-refractivity contribution in [2.75, 3.05) is 13.1 Å². The van der Waals surface area contributed by atoms with Crippen LogP contribution < -0.4 is 0 Å². The first-order chi connectivity index (χ1) is 13.9. The Kier molecular flexibility index (Phi) is 5.19. The first kappa shape index (κ1) is 19.7. The lowest BCUT2D eigenvalue weighted by Gasteiger charge is -2.51. The maximum atomic E-state index is 13.6. The van der Waals surface area contributed by atoms with E-state index in [0.29, 0.717) is 18.8 Å². The monoisotopic (exact) mass is 399 g/mol. The first-order valence-electron chi connectivity index (χ1n) is 10.4. The van der Waals surface area contributed by atoms with Crippen molar-refractivity contribution in [2.45, 2.75) is 58.5 Å². The van der Waals surface area contributed by atoms with E-state index in [1.807, 2.05) is 41.5 Å². The summed E-state index contributed by atoms with van der Waals surface area (Å²) >= 11 is 0. The lowest BCUT2D eigenvalue weighted by Crippen LogP contribution is -2.61. The van der Waals surface area contributed by atoms with E-state index in [1.54, 1.807) is 12.3 Å². The molecule has 2 aromatic heterocycles. The molecule has 0 aliphatic carbocycles. The zero-order chi connectivity index (χ0) is 20.6. The molecule has 0 unspecified atom stereocenters. The summed E-state index contributed by atoms with van der Waals surface area (Å²) in [6.45, 7) is 5.81. The molecule has 2 aromatic rings. The molecule has 4 heterocycles. The van der Waals surface area contributed by atoms with E-state index in [9.17, 15) is 9.59 Å². The summed E-state index contributed by atoms with van der Waals surface area (Å²) in [5.74, 6) is 1.62. The maximum Gasteiger partial charge on any atom is 0.231 e. The van der Waals surface area contributed by atoms with Gasteiger partial charge >= 0.3 is 0 Å². The van der Waals surface area contributed by atoms with Gasteiger partial charge in [0.05, 0.1) is 24.1 Å². The average Bonchev–Trinajstić information content (AvgIpc) is 3.29. The second-order valence-corrected chi connectivity index (χ2v) is 8.42. The molecule has 2 fully saturated rings. The van der Waals surface area contributed by atoms with Crippen LogP contribution in [0.5, 0.6) is 0 Å². The topological polar surface area (TPSA) is 84.5 Å². The Hall–Kier alpha value is -2.64. The fourth-order valence-corrected chi connectivity index (χ4v) is 4.96. The molecule has 2 saturated heterocycles. The number of piperidine rings is 2. The summed E-state index contributed by atoms with van der Waals surface area (Å²) in [5.41, 5.74) is 0.262. The molecule has 156 valence electrons. The molecular weight excluding hydrogens is 370 g/mol. The summed E-state index contributed by atoms with van der Waals surface area (Å²) in [5, 5.41) is 3.87. The molecule has 0 aromatic carbocycles. The van der Waals surface area contributed by atoms with Gasteiger partial charge in [-0.25, -0.2) is 4.98 Å². The lowest BCUT2D eigenvalue weighted by atomic mass is 9.67. The van der Waals surface area contributed by atoms with E-state index >= 15 is 0 Å². The van der Waals surface area contributed by atoms with Gasteiger partial charge in [0, 0.05) is 44.6 Å². The third-order valence-electron chi connectivity index (χ3n) is 6.63. The number of rotatable bonds is 4. The van der Waals surface area contributed by atoms with Crippen LogP contribution in [-0.4, -0.2) is 55.5 Å². The van der Waals surface area contributed by atoms with Crippen LogP contribution in [-0.2, 0) is 29.6 Å². The van der Waals surface area contributed by atoms with Crippen molar-refractivity contribution in [1.29, 1.82) is 0 Å². The van der Waals surface area contributed by atoms with Crippen molar-refractivity contribution in [2.24, 2.45) is 12.5 Å². The van der Waals surface area contributed by atoms with Crippen LogP contribution in [0.25, 0.3) is 0 Å². The van der Waals surface area contributed by atoms with Gasteiger partial charge in [-0.1, -0.05) is 5.16 Å². The van der Waals surface area contributed by atoms with Crippen molar-refractivity contribution in [3.8, 4) is 0 Å². The first-order valence-corrected chi connectivity index (χ1v) is 10.4. The van der Waals surface area contributed by atoms with Crippen LogP contribution >= 0.6 is 0 Å². The molecule has 2 amide bonds. The maximum absolute atomic E-state index is 13.6. The van der Waals surface area contributed by atoms with Crippen LogP contribution in [0.15, 0.2) is 23.0 Å². The number of imidazole rings is 1. The number of aryl methyl sites for hydroxylation is 2. The van der Waals surface area contributed by atoms with Crippen molar-refractivity contribution in [3.05, 3.63) is 35.7 Å². The highest BCUT2D eigenvalue weighted by Gasteiger charge is 2.52. The zero-order valence-corrected chi connectivity index (χ0v) is 17.4. The van der Waals surface area contributed by atoms with Crippen LogP contribution in [0.1, 0.15) is 49.9 Å². The largest absolute Gasteiger partial charge is 0.361 e. The number of amides is 2. The number of hydrogen-bond acceptors (Lipinski definition) is 5. The Balaban J connectivity index is 1.51. The fourth-order valence-electron chi connectivity index (χ4n) is 4.96. The molecular formula is C21H29N5O3.